The molecule has 0 spiro atoms. The first-order valence-electron chi connectivity index (χ1n) is 9.80. The van der Waals surface area contributed by atoms with E-state index in [1.165, 1.54) is 6.07 Å². The number of amides is 1. The summed E-state index contributed by atoms with van der Waals surface area (Å²) in [4.78, 5) is 17.5. The predicted octanol–water partition coefficient (Wildman–Crippen LogP) is 3.62. The maximum Gasteiger partial charge on any atom is 0.238 e. The van der Waals surface area contributed by atoms with Gasteiger partial charge in [-0.3, -0.25) is 9.78 Å². The summed E-state index contributed by atoms with van der Waals surface area (Å²) < 4.78 is 24.0. The summed E-state index contributed by atoms with van der Waals surface area (Å²) in [6, 6.07) is 16.2. The highest BCUT2D eigenvalue weighted by molar-refractivity contribution is 7.89. The number of carbonyl (C=O) groups is 1. The van der Waals surface area contributed by atoms with E-state index in [4.69, 9.17) is 5.14 Å². The first kappa shape index (κ1) is 21.7. The fraction of sp³-hybridized carbons (Fsp3) is 0.217. The van der Waals surface area contributed by atoms with Crippen LogP contribution in [0.4, 0.5) is 5.69 Å². The third-order valence-electron chi connectivity index (χ3n) is 5.09. The Kier molecular flexibility index (Phi) is 6.64. The lowest BCUT2D eigenvalue weighted by Gasteiger charge is -2.21. The molecule has 7 heteroatoms. The fourth-order valence-corrected chi connectivity index (χ4v) is 4.62. The van der Waals surface area contributed by atoms with Crippen LogP contribution in [0.3, 0.4) is 0 Å². The molecule has 2 aromatic carbocycles. The van der Waals surface area contributed by atoms with Crippen LogP contribution in [-0.2, 0) is 27.7 Å². The van der Waals surface area contributed by atoms with Crippen LogP contribution in [0.25, 0.3) is 0 Å². The van der Waals surface area contributed by atoms with Crippen molar-refractivity contribution >= 4 is 21.6 Å². The van der Waals surface area contributed by atoms with Crippen LogP contribution in [-0.4, -0.2) is 19.3 Å². The van der Waals surface area contributed by atoms with Crippen molar-refractivity contribution in [3.05, 3.63) is 89.2 Å². The number of benzene rings is 2. The average molecular weight is 424 g/mol. The predicted molar refractivity (Wildman–Crippen MR) is 118 cm³/mol. The normalized spacial score (nSPS) is 12.4. The largest absolute Gasteiger partial charge is 0.325 e. The molecule has 1 unspecified atom stereocenters. The van der Waals surface area contributed by atoms with Gasteiger partial charge in [0.2, 0.25) is 15.9 Å². The molecule has 0 aliphatic rings. The number of nitrogens with two attached hydrogens (primary N) is 1. The van der Waals surface area contributed by atoms with Crippen molar-refractivity contribution in [2.75, 3.05) is 5.32 Å². The molecule has 1 amide bonds. The third kappa shape index (κ3) is 4.58. The standard InChI is InChI=1S/C23H25N3O3S/c1-3-18-19(4-2)21(30(24,28)29)11-10-20(18)26-23(27)22(16-8-6-5-7-9-16)17-12-14-25-15-13-17/h5-15,22H,3-4H2,1-2H3,(H,26,27)(H2,24,28,29). The van der Waals surface area contributed by atoms with Crippen LogP contribution in [0, 0.1) is 0 Å². The van der Waals surface area contributed by atoms with Crippen LogP contribution in [0.5, 0.6) is 0 Å². The Labute approximate surface area is 177 Å². The molecule has 30 heavy (non-hydrogen) atoms. The summed E-state index contributed by atoms with van der Waals surface area (Å²) in [5.74, 6) is -0.727. The zero-order valence-electron chi connectivity index (χ0n) is 17.0. The second kappa shape index (κ2) is 9.19. The van der Waals surface area contributed by atoms with Gasteiger partial charge in [0.05, 0.1) is 10.8 Å². The summed E-state index contributed by atoms with van der Waals surface area (Å²) in [6.07, 6.45) is 4.37. The lowest BCUT2D eigenvalue weighted by molar-refractivity contribution is -0.116. The minimum atomic E-state index is -3.85. The van der Waals surface area contributed by atoms with Crippen LogP contribution < -0.4 is 10.5 Å². The molecule has 0 saturated heterocycles. The van der Waals surface area contributed by atoms with Gasteiger partial charge in [-0.15, -0.1) is 0 Å². The number of nitrogens with one attached hydrogen (secondary N) is 1. The Morgan fingerprint density at radius 3 is 2.10 bits per heavy atom. The maximum atomic E-state index is 13.4. The number of carbonyl (C=O) groups excluding carboxylic acids is 1. The molecule has 0 aliphatic carbocycles. The number of hydrogen-bond donors (Lipinski definition) is 2. The molecule has 0 aliphatic heterocycles. The minimum Gasteiger partial charge on any atom is -0.325 e. The summed E-state index contributed by atoms with van der Waals surface area (Å²) in [5, 5.41) is 8.40. The van der Waals surface area contributed by atoms with E-state index in [-0.39, 0.29) is 10.8 Å². The Morgan fingerprint density at radius 2 is 1.53 bits per heavy atom. The van der Waals surface area contributed by atoms with Gasteiger partial charge in [0, 0.05) is 18.1 Å². The number of nitrogens with zero attached hydrogens (tertiary/aromatic N) is 1. The second-order valence-corrected chi connectivity index (χ2v) is 8.46. The van der Waals surface area contributed by atoms with Crippen molar-refractivity contribution in [3.63, 3.8) is 0 Å². The van der Waals surface area contributed by atoms with E-state index in [2.05, 4.69) is 10.3 Å². The lowest BCUT2D eigenvalue weighted by atomic mass is 9.90. The van der Waals surface area contributed by atoms with Gasteiger partial charge >= 0.3 is 0 Å². The number of primary sulfonamides is 1. The van der Waals surface area contributed by atoms with Crippen LogP contribution >= 0.6 is 0 Å². The molecule has 0 radical (unpaired) electrons. The summed E-state index contributed by atoms with van der Waals surface area (Å²) in [7, 11) is -3.85. The number of pyridine rings is 1. The molecule has 0 fully saturated rings. The lowest BCUT2D eigenvalue weighted by Crippen LogP contribution is -2.24. The highest BCUT2D eigenvalue weighted by Crippen LogP contribution is 2.30. The molecular formula is C23H25N3O3S. The monoisotopic (exact) mass is 423 g/mol. The highest BCUT2D eigenvalue weighted by Gasteiger charge is 2.25. The molecule has 3 N–H and O–H groups in total. The Hall–Kier alpha value is -3.03. The SMILES string of the molecule is CCc1c(NC(=O)C(c2ccccc2)c2ccncc2)ccc(S(N)(=O)=O)c1CC. The van der Waals surface area contributed by atoms with Gasteiger partial charge in [-0.25, -0.2) is 13.6 Å². The van der Waals surface area contributed by atoms with Crippen LogP contribution in [0.1, 0.15) is 42.0 Å². The fourth-order valence-electron chi connectivity index (χ4n) is 3.75. The van der Waals surface area contributed by atoms with Gasteiger partial charge in [-0.1, -0.05) is 44.2 Å². The van der Waals surface area contributed by atoms with Crippen molar-refractivity contribution in [1.29, 1.82) is 0 Å². The van der Waals surface area contributed by atoms with Crippen LogP contribution in [0.2, 0.25) is 0 Å². The third-order valence-corrected chi connectivity index (χ3v) is 6.09. The van der Waals surface area contributed by atoms with E-state index in [9.17, 15) is 13.2 Å². The molecule has 3 aromatic rings. The summed E-state index contributed by atoms with van der Waals surface area (Å²) >= 11 is 0. The Balaban J connectivity index is 2.05. The molecule has 1 atom stereocenters. The van der Waals surface area contributed by atoms with E-state index in [1.54, 1.807) is 18.5 Å². The van der Waals surface area contributed by atoms with E-state index in [0.29, 0.717) is 24.1 Å². The number of anilines is 1. The first-order valence-corrected chi connectivity index (χ1v) is 11.3. The maximum absolute atomic E-state index is 13.4. The van der Waals surface area contributed by atoms with Crippen molar-refractivity contribution in [1.82, 2.24) is 4.98 Å². The molecule has 0 saturated carbocycles. The topological polar surface area (TPSA) is 102 Å². The zero-order chi connectivity index (χ0) is 21.7. The number of rotatable bonds is 7. The average Bonchev–Trinajstić information content (AvgIpc) is 2.74. The van der Waals surface area contributed by atoms with Gasteiger partial charge in [-0.2, -0.15) is 0 Å². The summed E-state index contributed by atoms with van der Waals surface area (Å²) in [6.45, 7) is 3.80. The molecule has 0 bridgehead atoms. The molecule has 1 aromatic heterocycles. The number of hydrogen-bond acceptors (Lipinski definition) is 4. The van der Waals surface area contributed by atoms with Crippen molar-refractivity contribution in [3.8, 4) is 0 Å². The Morgan fingerprint density at radius 1 is 0.933 bits per heavy atom. The molecule has 6 nitrogen and oxygen atoms in total. The van der Waals surface area contributed by atoms with E-state index < -0.39 is 15.9 Å². The van der Waals surface area contributed by atoms with Gasteiger partial charge in [0.1, 0.15) is 0 Å². The number of aromatic nitrogens is 1. The van der Waals surface area contributed by atoms with Crippen molar-refractivity contribution in [2.45, 2.75) is 37.5 Å². The molecule has 3 rings (SSSR count). The molecule has 156 valence electrons. The van der Waals surface area contributed by atoms with Crippen molar-refractivity contribution < 1.29 is 13.2 Å². The number of sulfonamides is 1. The van der Waals surface area contributed by atoms with Gasteiger partial charge < -0.3 is 5.32 Å². The second-order valence-electron chi connectivity index (χ2n) is 6.93. The Bertz CT molecular complexity index is 1090. The molecule has 1 heterocycles. The van der Waals surface area contributed by atoms with Gasteiger partial charge in [0.15, 0.2) is 0 Å². The van der Waals surface area contributed by atoms with E-state index in [0.717, 1.165) is 16.7 Å². The van der Waals surface area contributed by atoms with E-state index in [1.807, 2.05) is 56.3 Å². The summed E-state index contributed by atoms with van der Waals surface area (Å²) in [5.41, 5.74) is 3.69. The molecular weight excluding hydrogens is 398 g/mol. The van der Waals surface area contributed by atoms with Gasteiger partial charge in [-0.05, 0) is 59.4 Å². The van der Waals surface area contributed by atoms with E-state index >= 15 is 0 Å². The minimum absolute atomic E-state index is 0.105. The van der Waals surface area contributed by atoms with Gasteiger partial charge in [0.25, 0.3) is 0 Å². The highest BCUT2D eigenvalue weighted by atomic mass is 32.2. The van der Waals surface area contributed by atoms with Crippen LogP contribution in [0.15, 0.2) is 71.9 Å². The zero-order valence-corrected chi connectivity index (χ0v) is 17.8. The van der Waals surface area contributed by atoms with Crippen molar-refractivity contribution in [2.24, 2.45) is 5.14 Å². The quantitative estimate of drug-likeness (QED) is 0.606. The first-order chi connectivity index (χ1) is 14.4. The smallest absolute Gasteiger partial charge is 0.238 e.